The molecule has 0 radical (unpaired) electrons. The van der Waals surface area contributed by atoms with E-state index in [-0.39, 0.29) is 17.4 Å². The molecule has 1 unspecified atom stereocenters. The van der Waals surface area contributed by atoms with Crippen molar-refractivity contribution in [3.8, 4) is 0 Å². The first kappa shape index (κ1) is 16.3. The van der Waals surface area contributed by atoms with E-state index in [1.54, 1.807) is 28.8 Å². The van der Waals surface area contributed by atoms with Crippen LogP contribution < -0.4 is 5.56 Å². The Balaban J connectivity index is 1.87. The standard InChI is InChI=1S/C19H20FN3O/c1-13-5-4-10-23-18(24)11-17(21-19(13)23)12-22(3)14(2)15-6-8-16(20)9-7-15/h4-11,14H,12H2,1-3H3. The molecule has 0 aliphatic rings. The Labute approximate surface area is 140 Å². The van der Waals surface area contributed by atoms with E-state index in [4.69, 9.17) is 0 Å². The zero-order valence-corrected chi connectivity index (χ0v) is 14.0. The van der Waals surface area contributed by atoms with E-state index >= 15 is 0 Å². The van der Waals surface area contributed by atoms with Gasteiger partial charge in [-0.15, -0.1) is 0 Å². The number of aromatic nitrogens is 2. The zero-order chi connectivity index (χ0) is 17.3. The molecule has 3 aromatic rings. The molecule has 1 atom stereocenters. The Morgan fingerprint density at radius 1 is 1.25 bits per heavy atom. The maximum Gasteiger partial charge on any atom is 0.258 e. The van der Waals surface area contributed by atoms with E-state index in [1.807, 2.05) is 33.0 Å². The molecular weight excluding hydrogens is 305 g/mol. The zero-order valence-electron chi connectivity index (χ0n) is 14.0. The van der Waals surface area contributed by atoms with Gasteiger partial charge in [-0.25, -0.2) is 9.37 Å². The van der Waals surface area contributed by atoms with E-state index in [0.717, 1.165) is 16.8 Å². The number of aryl methyl sites for hydroxylation is 1. The molecule has 0 saturated carbocycles. The fourth-order valence-corrected chi connectivity index (χ4v) is 2.78. The summed E-state index contributed by atoms with van der Waals surface area (Å²) in [4.78, 5) is 19.0. The van der Waals surface area contributed by atoms with Crippen molar-refractivity contribution in [2.24, 2.45) is 0 Å². The van der Waals surface area contributed by atoms with Crippen LogP contribution >= 0.6 is 0 Å². The molecular formula is C19H20FN3O. The fourth-order valence-electron chi connectivity index (χ4n) is 2.78. The molecule has 3 rings (SSSR count). The summed E-state index contributed by atoms with van der Waals surface area (Å²) >= 11 is 0. The molecule has 4 nitrogen and oxygen atoms in total. The van der Waals surface area contributed by atoms with Crippen molar-refractivity contribution in [3.05, 3.63) is 81.7 Å². The lowest BCUT2D eigenvalue weighted by Gasteiger charge is -2.24. The minimum absolute atomic E-state index is 0.0819. The highest BCUT2D eigenvalue weighted by atomic mass is 19.1. The van der Waals surface area contributed by atoms with Crippen molar-refractivity contribution < 1.29 is 4.39 Å². The predicted molar refractivity (Wildman–Crippen MR) is 92.5 cm³/mol. The molecule has 24 heavy (non-hydrogen) atoms. The van der Waals surface area contributed by atoms with E-state index in [2.05, 4.69) is 9.88 Å². The van der Waals surface area contributed by atoms with E-state index in [9.17, 15) is 9.18 Å². The Morgan fingerprint density at radius 2 is 1.96 bits per heavy atom. The summed E-state index contributed by atoms with van der Waals surface area (Å²) in [7, 11) is 1.97. The highest BCUT2D eigenvalue weighted by molar-refractivity contribution is 5.46. The minimum Gasteiger partial charge on any atom is -0.294 e. The van der Waals surface area contributed by atoms with Crippen LogP contribution in [0.4, 0.5) is 4.39 Å². The second-order valence-corrected chi connectivity index (χ2v) is 6.11. The summed E-state index contributed by atoms with van der Waals surface area (Å²) in [6.45, 7) is 4.53. The van der Waals surface area contributed by atoms with Crippen LogP contribution in [0.3, 0.4) is 0 Å². The number of pyridine rings is 1. The maximum absolute atomic E-state index is 13.1. The van der Waals surface area contributed by atoms with Crippen LogP contribution in [-0.4, -0.2) is 21.3 Å². The lowest BCUT2D eigenvalue weighted by molar-refractivity contribution is 0.250. The first-order chi connectivity index (χ1) is 11.5. The molecule has 0 fully saturated rings. The number of fused-ring (bicyclic) bond motifs is 1. The summed E-state index contributed by atoms with van der Waals surface area (Å²) in [6.07, 6.45) is 1.73. The molecule has 5 heteroatoms. The minimum atomic E-state index is -0.242. The van der Waals surface area contributed by atoms with E-state index in [1.165, 1.54) is 12.1 Å². The van der Waals surface area contributed by atoms with Crippen molar-refractivity contribution in [1.82, 2.24) is 14.3 Å². The molecule has 0 aliphatic carbocycles. The first-order valence-electron chi connectivity index (χ1n) is 7.89. The third kappa shape index (κ3) is 3.21. The molecule has 2 heterocycles. The molecule has 0 bridgehead atoms. The number of halogens is 1. The summed E-state index contributed by atoms with van der Waals surface area (Å²) in [5.74, 6) is -0.242. The summed E-state index contributed by atoms with van der Waals surface area (Å²) in [5.41, 5.74) is 3.31. The van der Waals surface area contributed by atoms with Crippen LogP contribution in [-0.2, 0) is 6.54 Å². The third-order valence-corrected chi connectivity index (χ3v) is 4.36. The Kier molecular flexibility index (Phi) is 4.44. The number of hydrogen-bond acceptors (Lipinski definition) is 3. The molecule has 0 aliphatic heterocycles. The van der Waals surface area contributed by atoms with Crippen LogP contribution in [0.15, 0.2) is 53.5 Å². The largest absolute Gasteiger partial charge is 0.294 e. The van der Waals surface area contributed by atoms with Gasteiger partial charge >= 0.3 is 0 Å². The van der Waals surface area contributed by atoms with Gasteiger partial charge in [0.2, 0.25) is 0 Å². The third-order valence-electron chi connectivity index (χ3n) is 4.36. The topological polar surface area (TPSA) is 37.6 Å². The van der Waals surface area contributed by atoms with Gasteiger partial charge < -0.3 is 0 Å². The van der Waals surface area contributed by atoms with Crippen molar-refractivity contribution in [3.63, 3.8) is 0 Å². The van der Waals surface area contributed by atoms with Gasteiger partial charge in [0, 0.05) is 24.8 Å². The lowest BCUT2D eigenvalue weighted by Crippen LogP contribution is -2.24. The van der Waals surface area contributed by atoms with Gasteiger partial charge in [0.15, 0.2) is 0 Å². The highest BCUT2D eigenvalue weighted by Gasteiger charge is 2.14. The average molecular weight is 325 g/mol. The summed E-state index contributed by atoms with van der Waals surface area (Å²) < 4.78 is 14.6. The Morgan fingerprint density at radius 3 is 2.67 bits per heavy atom. The maximum atomic E-state index is 13.1. The molecule has 1 aromatic carbocycles. The Bertz CT molecular complexity index is 918. The molecule has 0 saturated heterocycles. The Hall–Kier alpha value is -2.53. The van der Waals surface area contributed by atoms with Crippen LogP contribution in [0.5, 0.6) is 0 Å². The SMILES string of the molecule is Cc1cccn2c(=O)cc(CN(C)C(C)c3ccc(F)cc3)nc12. The van der Waals surface area contributed by atoms with Gasteiger partial charge in [0.05, 0.1) is 5.69 Å². The van der Waals surface area contributed by atoms with Crippen molar-refractivity contribution in [2.75, 3.05) is 7.05 Å². The average Bonchev–Trinajstić information content (AvgIpc) is 2.56. The van der Waals surface area contributed by atoms with E-state index < -0.39 is 0 Å². The first-order valence-corrected chi connectivity index (χ1v) is 7.89. The second-order valence-electron chi connectivity index (χ2n) is 6.11. The quantitative estimate of drug-likeness (QED) is 0.738. The monoisotopic (exact) mass is 325 g/mol. The summed E-state index contributed by atoms with van der Waals surface area (Å²) in [5, 5.41) is 0. The van der Waals surface area contributed by atoms with Crippen molar-refractivity contribution >= 4 is 5.65 Å². The predicted octanol–water partition coefficient (Wildman–Crippen LogP) is 3.34. The molecule has 0 spiro atoms. The van der Waals surface area contributed by atoms with Crippen molar-refractivity contribution in [2.45, 2.75) is 26.4 Å². The molecule has 0 N–H and O–H groups in total. The van der Waals surface area contributed by atoms with Crippen LogP contribution in [0.1, 0.15) is 29.8 Å². The van der Waals surface area contributed by atoms with Gasteiger partial charge in [-0.2, -0.15) is 0 Å². The molecule has 0 amide bonds. The van der Waals surface area contributed by atoms with Crippen LogP contribution in [0, 0.1) is 12.7 Å². The van der Waals surface area contributed by atoms with Gasteiger partial charge in [0.1, 0.15) is 11.5 Å². The van der Waals surface area contributed by atoms with Gasteiger partial charge in [-0.05, 0) is 50.2 Å². The van der Waals surface area contributed by atoms with Gasteiger partial charge in [-0.3, -0.25) is 14.1 Å². The smallest absolute Gasteiger partial charge is 0.258 e. The molecule has 2 aromatic heterocycles. The van der Waals surface area contributed by atoms with Crippen molar-refractivity contribution in [1.29, 1.82) is 0 Å². The van der Waals surface area contributed by atoms with Crippen LogP contribution in [0.25, 0.3) is 5.65 Å². The summed E-state index contributed by atoms with van der Waals surface area (Å²) in [6, 6.07) is 11.9. The van der Waals surface area contributed by atoms with Gasteiger partial charge in [0.25, 0.3) is 5.56 Å². The van der Waals surface area contributed by atoms with Crippen LogP contribution in [0.2, 0.25) is 0 Å². The fraction of sp³-hybridized carbons (Fsp3) is 0.263. The lowest BCUT2D eigenvalue weighted by atomic mass is 10.1. The number of nitrogens with zero attached hydrogens (tertiary/aromatic N) is 3. The normalized spacial score (nSPS) is 12.7. The number of rotatable bonds is 4. The van der Waals surface area contributed by atoms with E-state index in [0.29, 0.717) is 12.2 Å². The highest BCUT2D eigenvalue weighted by Crippen LogP contribution is 2.20. The van der Waals surface area contributed by atoms with Gasteiger partial charge in [-0.1, -0.05) is 18.2 Å². The number of benzene rings is 1. The second kappa shape index (κ2) is 6.53. The molecule has 124 valence electrons. The number of hydrogen-bond donors (Lipinski definition) is 0.